The standard InChI is InChI=1S/C11H11F3N4S/c1-2-7(9-15-5-6-19-9)17-10-16-4-3-8(18-10)11(12,13)14/h3-7H,2H2,1H3,(H,16,17,18). The zero-order valence-corrected chi connectivity index (χ0v) is 10.8. The number of hydrogen-bond acceptors (Lipinski definition) is 5. The molecule has 1 atom stereocenters. The fourth-order valence-electron chi connectivity index (χ4n) is 1.49. The van der Waals surface area contributed by atoms with Gasteiger partial charge in [0.2, 0.25) is 5.95 Å². The van der Waals surface area contributed by atoms with E-state index in [0.29, 0.717) is 6.42 Å². The number of thiazole rings is 1. The van der Waals surface area contributed by atoms with Gasteiger partial charge in [0, 0.05) is 17.8 Å². The molecule has 0 aromatic carbocycles. The molecule has 0 radical (unpaired) electrons. The summed E-state index contributed by atoms with van der Waals surface area (Å²) in [6, 6.07) is 0.652. The van der Waals surface area contributed by atoms with Crippen molar-refractivity contribution < 1.29 is 13.2 Å². The smallest absolute Gasteiger partial charge is 0.345 e. The topological polar surface area (TPSA) is 50.7 Å². The summed E-state index contributed by atoms with van der Waals surface area (Å²) in [5.41, 5.74) is -0.959. The van der Waals surface area contributed by atoms with Crippen LogP contribution in [0.5, 0.6) is 0 Å². The zero-order chi connectivity index (χ0) is 13.9. The minimum Gasteiger partial charge on any atom is -0.345 e. The maximum Gasteiger partial charge on any atom is 0.433 e. The quantitative estimate of drug-likeness (QED) is 0.935. The van der Waals surface area contributed by atoms with E-state index in [2.05, 4.69) is 20.3 Å². The Labute approximate surface area is 111 Å². The van der Waals surface area contributed by atoms with Crippen LogP contribution in [0.25, 0.3) is 0 Å². The van der Waals surface area contributed by atoms with Crippen molar-refractivity contribution >= 4 is 17.3 Å². The molecule has 0 saturated heterocycles. The molecule has 0 bridgehead atoms. The number of nitrogens with zero attached hydrogens (tertiary/aromatic N) is 3. The van der Waals surface area contributed by atoms with E-state index in [-0.39, 0.29) is 12.0 Å². The normalized spacial score (nSPS) is 13.3. The second-order valence-electron chi connectivity index (χ2n) is 3.74. The molecule has 102 valence electrons. The molecule has 0 aliphatic carbocycles. The highest BCUT2D eigenvalue weighted by Gasteiger charge is 2.33. The van der Waals surface area contributed by atoms with E-state index in [1.807, 2.05) is 12.3 Å². The predicted octanol–water partition coefficient (Wildman–Crippen LogP) is 3.52. The molecule has 2 heterocycles. The molecular formula is C11H11F3N4S. The van der Waals surface area contributed by atoms with E-state index in [4.69, 9.17) is 0 Å². The largest absolute Gasteiger partial charge is 0.433 e. The Bertz CT molecular complexity index is 527. The summed E-state index contributed by atoms with van der Waals surface area (Å²) in [6.45, 7) is 1.91. The van der Waals surface area contributed by atoms with Crippen LogP contribution in [-0.2, 0) is 6.18 Å². The molecule has 0 spiro atoms. The first-order valence-corrected chi connectivity index (χ1v) is 6.45. The number of nitrogens with one attached hydrogen (secondary N) is 1. The summed E-state index contributed by atoms with van der Waals surface area (Å²) in [5.74, 6) is -0.0446. The lowest BCUT2D eigenvalue weighted by Gasteiger charge is -2.15. The van der Waals surface area contributed by atoms with Gasteiger partial charge in [0.25, 0.3) is 0 Å². The maximum absolute atomic E-state index is 12.5. The van der Waals surface area contributed by atoms with Crippen LogP contribution in [0.3, 0.4) is 0 Å². The molecule has 2 aromatic heterocycles. The van der Waals surface area contributed by atoms with Gasteiger partial charge in [0.15, 0.2) is 0 Å². The third-order valence-corrected chi connectivity index (χ3v) is 3.30. The molecule has 0 fully saturated rings. The fourth-order valence-corrected chi connectivity index (χ4v) is 2.26. The Kier molecular flexibility index (Phi) is 3.98. The third kappa shape index (κ3) is 3.40. The lowest BCUT2D eigenvalue weighted by Crippen LogP contribution is -2.15. The molecule has 2 rings (SSSR count). The van der Waals surface area contributed by atoms with Crippen molar-refractivity contribution in [3.8, 4) is 0 Å². The van der Waals surface area contributed by atoms with Gasteiger partial charge in [-0.3, -0.25) is 0 Å². The van der Waals surface area contributed by atoms with Crippen LogP contribution in [0.15, 0.2) is 23.8 Å². The second kappa shape index (κ2) is 5.52. The molecule has 1 N–H and O–H groups in total. The summed E-state index contributed by atoms with van der Waals surface area (Å²) >= 11 is 1.43. The van der Waals surface area contributed by atoms with Crippen molar-refractivity contribution in [2.24, 2.45) is 0 Å². The van der Waals surface area contributed by atoms with Crippen LogP contribution in [0, 0.1) is 0 Å². The summed E-state index contributed by atoms with van der Waals surface area (Å²) in [6.07, 6.45) is -1.06. The molecule has 0 aliphatic rings. The van der Waals surface area contributed by atoms with Crippen molar-refractivity contribution in [1.29, 1.82) is 0 Å². The number of halogens is 3. The molecule has 0 aliphatic heterocycles. The molecule has 2 aromatic rings. The van der Waals surface area contributed by atoms with Gasteiger partial charge in [-0.15, -0.1) is 11.3 Å². The van der Waals surface area contributed by atoms with Crippen molar-refractivity contribution in [1.82, 2.24) is 15.0 Å². The van der Waals surface area contributed by atoms with Crippen molar-refractivity contribution in [3.63, 3.8) is 0 Å². The highest BCUT2D eigenvalue weighted by Crippen LogP contribution is 2.28. The summed E-state index contributed by atoms with van der Waals surface area (Å²) in [5, 5.41) is 5.48. The molecule has 1 unspecified atom stereocenters. The van der Waals surface area contributed by atoms with E-state index in [9.17, 15) is 13.2 Å². The first-order valence-electron chi connectivity index (χ1n) is 5.57. The summed E-state index contributed by atoms with van der Waals surface area (Å²) in [7, 11) is 0. The monoisotopic (exact) mass is 288 g/mol. The van der Waals surface area contributed by atoms with Crippen molar-refractivity contribution in [2.45, 2.75) is 25.6 Å². The van der Waals surface area contributed by atoms with Crippen LogP contribution < -0.4 is 5.32 Å². The molecule has 8 heteroatoms. The van der Waals surface area contributed by atoms with Gasteiger partial charge in [-0.25, -0.2) is 15.0 Å². The molecule has 4 nitrogen and oxygen atoms in total. The van der Waals surface area contributed by atoms with E-state index in [1.54, 1.807) is 6.20 Å². The number of alkyl halides is 3. The number of aromatic nitrogens is 3. The van der Waals surface area contributed by atoms with Crippen LogP contribution in [0.2, 0.25) is 0 Å². The van der Waals surface area contributed by atoms with Crippen molar-refractivity contribution in [2.75, 3.05) is 5.32 Å². The Morgan fingerprint density at radius 2 is 2.11 bits per heavy atom. The van der Waals surface area contributed by atoms with Gasteiger partial charge in [-0.1, -0.05) is 6.92 Å². The van der Waals surface area contributed by atoms with Crippen molar-refractivity contribution in [3.05, 3.63) is 34.5 Å². The first-order chi connectivity index (χ1) is 9.00. The van der Waals surface area contributed by atoms with Gasteiger partial charge >= 0.3 is 6.18 Å². The SMILES string of the molecule is CCC(Nc1nccc(C(F)(F)F)n1)c1nccs1. The maximum atomic E-state index is 12.5. The van der Waals surface area contributed by atoms with Gasteiger partial charge in [0.1, 0.15) is 10.7 Å². The lowest BCUT2D eigenvalue weighted by molar-refractivity contribution is -0.141. The molecule has 0 saturated carbocycles. The average molecular weight is 288 g/mol. The third-order valence-electron chi connectivity index (χ3n) is 2.41. The Balaban J connectivity index is 2.19. The highest BCUT2D eigenvalue weighted by molar-refractivity contribution is 7.09. The molecule has 0 amide bonds. The summed E-state index contributed by atoms with van der Waals surface area (Å²) < 4.78 is 37.6. The van der Waals surface area contributed by atoms with Crippen LogP contribution in [-0.4, -0.2) is 15.0 Å². The van der Waals surface area contributed by atoms with Gasteiger partial charge < -0.3 is 5.32 Å². The van der Waals surface area contributed by atoms with Gasteiger partial charge in [-0.2, -0.15) is 13.2 Å². The van der Waals surface area contributed by atoms with E-state index < -0.39 is 11.9 Å². The molecule has 19 heavy (non-hydrogen) atoms. The summed E-state index contributed by atoms with van der Waals surface area (Å²) in [4.78, 5) is 11.4. The number of anilines is 1. The first kappa shape index (κ1) is 13.7. The Hall–Kier alpha value is -1.70. The highest BCUT2D eigenvalue weighted by atomic mass is 32.1. The second-order valence-corrected chi connectivity index (χ2v) is 4.66. The van der Waals surface area contributed by atoms with Crippen LogP contribution in [0.1, 0.15) is 30.1 Å². The molecular weight excluding hydrogens is 277 g/mol. The lowest BCUT2D eigenvalue weighted by atomic mass is 10.2. The zero-order valence-electron chi connectivity index (χ0n) is 9.98. The van der Waals surface area contributed by atoms with E-state index >= 15 is 0 Å². The Morgan fingerprint density at radius 3 is 2.68 bits per heavy atom. The average Bonchev–Trinajstić information content (AvgIpc) is 2.89. The minimum absolute atomic E-state index is 0.0446. The number of hydrogen-bond donors (Lipinski definition) is 1. The van der Waals surface area contributed by atoms with Crippen LogP contribution >= 0.6 is 11.3 Å². The predicted molar refractivity (Wildman–Crippen MR) is 65.8 cm³/mol. The van der Waals surface area contributed by atoms with Crippen LogP contribution in [0.4, 0.5) is 19.1 Å². The van der Waals surface area contributed by atoms with Gasteiger partial charge in [0.05, 0.1) is 6.04 Å². The number of rotatable bonds is 4. The van der Waals surface area contributed by atoms with Gasteiger partial charge in [-0.05, 0) is 12.5 Å². The fraction of sp³-hybridized carbons (Fsp3) is 0.364. The Morgan fingerprint density at radius 1 is 1.32 bits per heavy atom. The van der Waals surface area contributed by atoms with E-state index in [0.717, 1.165) is 17.3 Å². The minimum atomic E-state index is -4.47. The van der Waals surface area contributed by atoms with E-state index in [1.165, 1.54) is 11.3 Å².